The summed E-state index contributed by atoms with van der Waals surface area (Å²) in [5, 5.41) is 5.52. The van der Waals surface area contributed by atoms with Crippen LogP contribution in [0.4, 0.5) is 11.5 Å². The zero-order valence-electron chi connectivity index (χ0n) is 16.4. The first-order chi connectivity index (χ1) is 14.0. The summed E-state index contributed by atoms with van der Waals surface area (Å²) >= 11 is 0. The van der Waals surface area contributed by atoms with Crippen LogP contribution in [0.25, 0.3) is 0 Å². The fourth-order valence-corrected chi connectivity index (χ4v) is 2.72. The first-order valence-corrected chi connectivity index (χ1v) is 9.34. The van der Waals surface area contributed by atoms with Crippen LogP contribution in [0.1, 0.15) is 27.9 Å². The molecule has 0 saturated heterocycles. The second-order valence-electron chi connectivity index (χ2n) is 6.59. The van der Waals surface area contributed by atoms with Crippen LogP contribution >= 0.6 is 0 Å². The van der Waals surface area contributed by atoms with Crippen molar-refractivity contribution in [1.29, 1.82) is 0 Å². The van der Waals surface area contributed by atoms with Gasteiger partial charge < -0.3 is 15.4 Å². The van der Waals surface area contributed by atoms with E-state index in [0.717, 1.165) is 16.9 Å². The molecular weight excluding hydrogens is 366 g/mol. The van der Waals surface area contributed by atoms with Crippen LogP contribution in [0, 0.1) is 13.8 Å². The number of aromatic nitrogens is 1. The van der Waals surface area contributed by atoms with Gasteiger partial charge in [0, 0.05) is 17.4 Å². The van der Waals surface area contributed by atoms with E-state index in [-0.39, 0.29) is 24.8 Å². The molecule has 6 nitrogen and oxygen atoms in total. The highest BCUT2D eigenvalue weighted by molar-refractivity contribution is 6.04. The molecular formula is C23H23N3O3. The van der Waals surface area contributed by atoms with Gasteiger partial charge >= 0.3 is 0 Å². The fourth-order valence-electron chi connectivity index (χ4n) is 2.72. The molecule has 3 aromatic rings. The highest BCUT2D eigenvalue weighted by Gasteiger charge is 2.09. The Morgan fingerprint density at radius 1 is 0.966 bits per heavy atom. The Labute approximate surface area is 169 Å². The van der Waals surface area contributed by atoms with Crippen molar-refractivity contribution >= 4 is 23.3 Å². The van der Waals surface area contributed by atoms with Crippen LogP contribution in [0.3, 0.4) is 0 Å². The molecule has 148 valence electrons. The third-order valence-corrected chi connectivity index (χ3v) is 4.46. The topological polar surface area (TPSA) is 80.3 Å². The van der Waals surface area contributed by atoms with Crippen LogP contribution in [-0.2, 0) is 4.79 Å². The lowest BCUT2D eigenvalue weighted by atomic mass is 10.1. The van der Waals surface area contributed by atoms with Gasteiger partial charge in [-0.3, -0.25) is 9.59 Å². The van der Waals surface area contributed by atoms with Crippen LogP contribution in [-0.4, -0.2) is 23.4 Å². The lowest BCUT2D eigenvalue weighted by Crippen LogP contribution is -2.17. The van der Waals surface area contributed by atoms with Crippen LogP contribution in [0.15, 0.2) is 66.9 Å². The summed E-state index contributed by atoms with van der Waals surface area (Å²) in [6.07, 6.45) is 1.81. The van der Waals surface area contributed by atoms with E-state index in [2.05, 4.69) is 15.6 Å². The van der Waals surface area contributed by atoms with Gasteiger partial charge in [0.05, 0.1) is 13.0 Å². The van der Waals surface area contributed by atoms with Crippen molar-refractivity contribution in [3.63, 3.8) is 0 Å². The minimum absolute atomic E-state index is 0.183. The molecule has 2 N–H and O–H groups in total. The molecule has 0 aliphatic heterocycles. The Hall–Kier alpha value is -3.67. The summed E-state index contributed by atoms with van der Waals surface area (Å²) in [5.41, 5.74) is 3.20. The number of aryl methyl sites for hydroxylation is 1. The molecule has 0 radical (unpaired) electrons. The van der Waals surface area contributed by atoms with E-state index in [0.29, 0.717) is 17.1 Å². The molecule has 1 heterocycles. The molecule has 0 unspecified atom stereocenters. The third kappa shape index (κ3) is 5.65. The number of rotatable bonds is 7. The summed E-state index contributed by atoms with van der Waals surface area (Å²) in [4.78, 5) is 28.7. The van der Waals surface area contributed by atoms with Crippen molar-refractivity contribution in [3.05, 3.63) is 83.6 Å². The number of amides is 2. The molecule has 0 fully saturated rings. The Morgan fingerprint density at radius 2 is 1.79 bits per heavy atom. The molecule has 0 bridgehead atoms. The molecule has 29 heavy (non-hydrogen) atoms. The minimum Gasteiger partial charge on any atom is -0.493 e. The largest absolute Gasteiger partial charge is 0.493 e. The number of anilines is 2. The molecule has 0 saturated carbocycles. The smallest absolute Gasteiger partial charge is 0.256 e. The van der Waals surface area contributed by atoms with Crippen molar-refractivity contribution < 1.29 is 14.3 Å². The zero-order valence-corrected chi connectivity index (χ0v) is 16.4. The predicted molar refractivity (Wildman–Crippen MR) is 113 cm³/mol. The number of pyridine rings is 1. The first-order valence-electron chi connectivity index (χ1n) is 9.34. The van der Waals surface area contributed by atoms with Crippen LogP contribution < -0.4 is 15.4 Å². The second kappa shape index (κ2) is 9.50. The van der Waals surface area contributed by atoms with Gasteiger partial charge in [-0.1, -0.05) is 24.3 Å². The van der Waals surface area contributed by atoms with Crippen molar-refractivity contribution in [3.8, 4) is 5.75 Å². The molecule has 3 rings (SSSR count). The molecule has 0 atom stereocenters. The summed E-state index contributed by atoms with van der Waals surface area (Å²) in [7, 11) is 0. The predicted octanol–water partition coefficient (Wildman–Crippen LogP) is 4.36. The van der Waals surface area contributed by atoms with E-state index in [9.17, 15) is 9.59 Å². The Balaban J connectivity index is 1.53. The van der Waals surface area contributed by atoms with E-state index in [1.807, 2.05) is 32.0 Å². The van der Waals surface area contributed by atoms with E-state index in [4.69, 9.17) is 4.74 Å². The van der Waals surface area contributed by atoms with Gasteiger partial charge in [0.1, 0.15) is 11.6 Å². The average Bonchev–Trinajstić information content (AvgIpc) is 2.72. The molecule has 0 aliphatic rings. The summed E-state index contributed by atoms with van der Waals surface area (Å²) < 4.78 is 5.72. The molecule has 2 aromatic carbocycles. The van der Waals surface area contributed by atoms with E-state index in [1.54, 1.807) is 48.7 Å². The highest BCUT2D eigenvalue weighted by atomic mass is 16.5. The van der Waals surface area contributed by atoms with Crippen LogP contribution in [0.2, 0.25) is 0 Å². The fraction of sp³-hybridized carbons (Fsp3) is 0.174. The number of carbonyl (C=O) groups is 2. The molecule has 0 spiro atoms. The van der Waals surface area contributed by atoms with Crippen molar-refractivity contribution in [2.45, 2.75) is 20.3 Å². The monoisotopic (exact) mass is 389 g/mol. The maximum atomic E-state index is 12.4. The maximum Gasteiger partial charge on any atom is 0.256 e. The Bertz CT molecular complexity index is 1000. The lowest BCUT2D eigenvalue weighted by Gasteiger charge is -2.11. The van der Waals surface area contributed by atoms with E-state index >= 15 is 0 Å². The van der Waals surface area contributed by atoms with Gasteiger partial charge in [-0.25, -0.2) is 4.98 Å². The Kier molecular flexibility index (Phi) is 6.58. The number of nitrogens with one attached hydrogen (secondary N) is 2. The zero-order chi connectivity index (χ0) is 20.6. The SMILES string of the molecule is Cc1cccc(OCCC(=O)Nc2cccc(C(=O)Nc3ccccn3)c2)c1C. The van der Waals surface area contributed by atoms with Crippen LogP contribution in [0.5, 0.6) is 5.75 Å². The number of ether oxygens (including phenoxy) is 1. The summed E-state index contributed by atoms with van der Waals surface area (Å²) in [5.74, 6) is 0.775. The van der Waals surface area contributed by atoms with Gasteiger partial charge in [-0.2, -0.15) is 0 Å². The average molecular weight is 389 g/mol. The molecule has 1 aromatic heterocycles. The third-order valence-electron chi connectivity index (χ3n) is 4.46. The number of benzene rings is 2. The second-order valence-corrected chi connectivity index (χ2v) is 6.59. The number of carbonyl (C=O) groups excluding carboxylic acids is 2. The summed E-state index contributed by atoms with van der Waals surface area (Å²) in [6, 6.07) is 17.9. The molecule has 2 amide bonds. The van der Waals surface area contributed by atoms with Gasteiger partial charge in [-0.05, 0) is 61.4 Å². The lowest BCUT2D eigenvalue weighted by molar-refractivity contribution is -0.116. The van der Waals surface area contributed by atoms with Gasteiger partial charge in [0.15, 0.2) is 0 Å². The number of hydrogen-bond donors (Lipinski definition) is 2. The van der Waals surface area contributed by atoms with Gasteiger partial charge in [-0.15, -0.1) is 0 Å². The van der Waals surface area contributed by atoms with E-state index in [1.165, 1.54) is 0 Å². The van der Waals surface area contributed by atoms with Crippen molar-refractivity contribution in [2.75, 3.05) is 17.2 Å². The van der Waals surface area contributed by atoms with Gasteiger partial charge in [0.25, 0.3) is 5.91 Å². The summed E-state index contributed by atoms with van der Waals surface area (Å²) in [6.45, 7) is 4.29. The molecule has 0 aliphatic carbocycles. The standard InChI is InChI=1S/C23H23N3O3/c1-16-7-5-10-20(17(16)2)29-14-12-22(27)25-19-9-6-8-18(15-19)23(28)26-21-11-3-4-13-24-21/h3-11,13,15H,12,14H2,1-2H3,(H,25,27)(H,24,26,28). The minimum atomic E-state index is -0.293. The Morgan fingerprint density at radius 3 is 2.59 bits per heavy atom. The number of nitrogens with zero attached hydrogens (tertiary/aromatic N) is 1. The quantitative estimate of drug-likeness (QED) is 0.629. The number of hydrogen-bond acceptors (Lipinski definition) is 4. The maximum absolute atomic E-state index is 12.4. The van der Waals surface area contributed by atoms with Gasteiger partial charge in [0.2, 0.25) is 5.91 Å². The molecule has 6 heteroatoms. The van der Waals surface area contributed by atoms with Crippen molar-refractivity contribution in [2.24, 2.45) is 0 Å². The normalized spacial score (nSPS) is 10.3. The first kappa shape index (κ1) is 20.1. The van der Waals surface area contributed by atoms with E-state index < -0.39 is 0 Å². The highest BCUT2D eigenvalue weighted by Crippen LogP contribution is 2.20. The van der Waals surface area contributed by atoms with Crippen molar-refractivity contribution in [1.82, 2.24) is 4.98 Å².